The highest BCUT2D eigenvalue weighted by Crippen LogP contribution is 2.65. The fraction of sp³-hybridized carbons (Fsp3) is 0.640. The van der Waals surface area contributed by atoms with Gasteiger partial charge in [-0.1, -0.05) is 26.0 Å². The van der Waals surface area contributed by atoms with Crippen LogP contribution in [0.2, 0.25) is 0 Å². The molecule has 0 radical (unpaired) electrons. The van der Waals surface area contributed by atoms with Gasteiger partial charge < -0.3 is 9.64 Å². The summed E-state index contributed by atoms with van der Waals surface area (Å²) in [6, 6.07) is 0. The average molecular weight is 408 g/mol. The van der Waals surface area contributed by atoms with E-state index in [1.54, 1.807) is 6.20 Å². The van der Waals surface area contributed by atoms with Crippen molar-refractivity contribution in [2.75, 3.05) is 13.7 Å². The Balaban J connectivity index is 1.46. The van der Waals surface area contributed by atoms with Gasteiger partial charge in [0.05, 0.1) is 24.7 Å². The van der Waals surface area contributed by atoms with Crippen molar-refractivity contribution in [1.82, 2.24) is 14.9 Å². The zero-order valence-corrected chi connectivity index (χ0v) is 18.6. The van der Waals surface area contributed by atoms with Gasteiger partial charge in [0.25, 0.3) is 0 Å². The van der Waals surface area contributed by atoms with Crippen molar-refractivity contribution in [2.24, 2.45) is 28.6 Å². The molecule has 1 saturated heterocycles. The second kappa shape index (κ2) is 6.93. The van der Waals surface area contributed by atoms with Gasteiger partial charge in [-0.05, 0) is 67.8 Å². The summed E-state index contributed by atoms with van der Waals surface area (Å²) in [6.45, 7) is 7.44. The molecule has 1 aromatic rings. The van der Waals surface area contributed by atoms with Gasteiger partial charge in [-0.15, -0.1) is 0 Å². The number of fused-ring (bicyclic) bond motifs is 5. The summed E-state index contributed by atoms with van der Waals surface area (Å²) in [5.41, 5.74) is 3.88. The van der Waals surface area contributed by atoms with Gasteiger partial charge in [-0.25, -0.2) is 4.98 Å². The maximum Gasteiger partial charge on any atom is 0.232 e. The first-order valence-corrected chi connectivity index (χ1v) is 11.5. The molecule has 0 aromatic carbocycles. The normalized spacial score (nSPS) is 37.7. The summed E-state index contributed by atoms with van der Waals surface area (Å²) in [5, 5.41) is 0. The van der Waals surface area contributed by atoms with Crippen LogP contribution >= 0.6 is 0 Å². The maximum absolute atomic E-state index is 12.3. The summed E-state index contributed by atoms with van der Waals surface area (Å²) in [5.74, 6) is 2.83. The Labute approximate surface area is 179 Å². The quantitative estimate of drug-likeness (QED) is 0.718. The van der Waals surface area contributed by atoms with Crippen LogP contribution in [0.1, 0.15) is 65.0 Å². The lowest BCUT2D eigenvalue weighted by atomic mass is 9.49. The second-order valence-electron chi connectivity index (χ2n) is 10.1. The van der Waals surface area contributed by atoms with Crippen molar-refractivity contribution in [3.63, 3.8) is 0 Å². The van der Waals surface area contributed by atoms with Crippen LogP contribution < -0.4 is 4.74 Å². The minimum absolute atomic E-state index is 0.129. The summed E-state index contributed by atoms with van der Waals surface area (Å²) < 4.78 is 5.61. The van der Waals surface area contributed by atoms with Crippen molar-refractivity contribution in [1.29, 1.82) is 0 Å². The minimum Gasteiger partial charge on any atom is -0.477 e. The second-order valence-corrected chi connectivity index (χ2v) is 10.1. The number of aromatic nitrogens is 2. The summed E-state index contributed by atoms with van der Waals surface area (Å²) in [4.78, 5) is 23.4. The molecule has 2 fully saturated rings. The minimum atomic E-state index is 0.129. The van der Waals surface area contributed by atoms with Crippen LogP contribution in [0.3, 0.4) is 0 Å². The molecule has 5 rings (SSSR count). The smallest absolute Gasteiger partial charge is 0.232 e. The Morgan fingerprint density at radius 2 is 1.97 bits per heavy atom. The molecule has 0 spiro atoms. The van der Waals surface area contributed by atoms with Gasteiger partial charge in [0.1, 0.15) is 0 Å². The first kappa shape index (κ1) is 19.8. The van der Waals surface area contributed by atoms with Crippen molar-refractivity contribution in [3.05, 3.63) is 35.9 Å². The summed E-state index contributed by atoms with van der Waals surface area (Å²) >= 11 is 0. The zero-order valence-electron chi connectivity index (χ0n) is 18.6. The highest BCUT2D eigenvalue weighted by molar-refractivity contribution is 5.79. The number of hydrogen-bond donors (Lipinski definition) is 0. The number of hydrogen-bond acceptors (Lipinski definition) is 4. The van der Waals surface area contributed by atoms with Crippen LogP contribution in [0.25, 0.3) is 5.57 Å². The highest BCUT2D eigenvalue weighted by atomic mass is 16.5. The topological polar surface area (TPSA) is 55.3 Å². The number of likely N-dealkylation sites (tertiary alicyclic amines) is 1. The number of carbonyl (C=O) groups excluding carboxylic acids is 1. The van der Waals surface area contributed by atoms with Gasteiger partial charge in [-0.2, -0.15) is 0 Å². The Hall–Kier alpha value is -2.17. The van der Waals surface area contributed by atoms with Crippen molar-refractivity contribution < 1.29 is 9.53 Å². The standard InChI is InChI=1S/C25H33N3O2/c1-5-30-22-15-26-14-20(27-22)19-8-7-17-16-6-9-21-25(3,13-11-23(29)28(21)4)18(16)10-12-24(17,19)2/h8-9,14-18H,5-7,10-13H2,1-4H3/t16-,17-,18-,24-,25+/m0/s1. The number of ether oxygens (including phenoxy) is 1. The van der Waals surface area contributed by atoms with Crippen LogP contribution in [0.4, 0.5) is 0 Å². The Morgan fingerprint density at radius 3 is 2.77 bits per heavy atom. The number of allylic oxidation sites excluding steroid dienone is 4. The molecule has 5 atom stereocenters. The van der Waals surface area contributed by atoms with Gasteiger partial charge in [0.2, 0.25) is 11.8 Å². The molecular weight excluding hydrogens is 374 g/mol. The van der Waals surface area contributed by atoms with E-state index in [-0.39, 0.29) is 16.7 Å². The summed E-state index contributed by atoms with van der Waals surface area (Å²) in [7, 11) is 1.97. The van der Waals surface area contributed by atoms with Crippen molar-refractivity contribution >= 4 is 11.5 Å². The van der Waals surface area contributed by atoms with Crippen LogP contribution in [-0.2, 0) is 4.79 Å². The van der Waals surface area contributed by atoms with Crippen molar-refractivity contribution in [2.45, 2.75) is 59.3 Å². The number of rotatable bonds is 3. The van der Waals surface area contributed by atoms with E-state index >= 15 is 0 Å². The number of amides is 1. The summed E-state index contributed by atoms with van der Waals surface area (Å²) in [6.07, 6.45) is 14.7. The number of nitrogens with zero attached hydrogens (tertiary/aromatic N) is 3. The molecule has 1 saturated carbocycles. The molecule has 1 aliphatic heterocycles. The fourth-order valence-electron chi connectivity index (χ4n) is 7.24. The zero-order chi connectivity index (χ0) is 21.1. The van der Waals surface area contributed by atoms with Crippen LogP contribution in [0, 0.1) is 28.6 Å². The van der Waals surface area contributed by atoms with Gasteiger partial charge in [0.15, 0.2) is 0 Å². The van der Waals surface area contributed by atoms with Gasteiger partial charge in [0, 0.05) is 24.6 Å². The molecule has 30 heavy (non-hydrogen) atoms. The van der Waals surface area contributed by atoms with Crippen molar-refractivity contribution in [3.8, 4) is 5.88 Å². The molecular formula is C25H33N3O2. The van der Waals surface area contributed by atoms with Gasteiger partial charge in [-0.3, -0.25) is 9.78 Å². The number of piperidine rings is 1. The van der Waals surface area contributed by atoms with E-state index in [4.69, 9.17) is 9.72 Å². The van der Waals surface area contributed by atoms with Crippen LogP contribution in [-0.4, -0.2) is 34.4 Å². The first-order valence-electron chi connectivity index (χ1n) is 11.5. The SMILES string of the molecule is CCOc1cncc(C2=CC[C@H]3[C@@H]4CC=C5N(C)C(=O)CC[C@]5(C)[C@H]4CC[C@]23C)n1. The molecule has 4 aliphatic rings. The van der Waals surface area contributed by atoms with Gasteiger partial charge >= 0.3 is 0 Å². The van der Waals surface area contributed by atoms with Crippen LogP contribution in [0.5, 0.6) is 5.88 Å². The van der Waals surface area contributed by atoms with E-state index in [9.17, 15) is 4.79 Å². The first-order chi connectivity index (χ1) is 14.4. The predicted molar refractivity (Wildman–Crippen MR) is 116 cm³/mol. The maximum atomic E-state index is 12.3. The molecule has 1 amide bonds. The molecule has 0 N–H and O–H groups in total. The Bertz CT molecular complexity index is 938. The molecule has 3 aliphatic carbocycles. The van der Waals surface area contributed by atoms with E-state index in [1.807, 2.05) is 25.1 Å². The van der Waals surface area contributed by atoms with Crippen LogP contribution in [0.15, 0.2) is 30.2 Å². The lowest BCUT2D eigenvalue weighted by Gasteiger charge is -2.58. The lowest BCUT2D eigenvalue weighted by Crippen LogP contribution is -2.53. The largest absolute Gasteiger partial charge is 0.477 e. The third kappa shape index (κ3) is 2.70. The molecule has 1 aromatic heterocycles. The van der Waals surface area contributed by atoms with E-state index in [2.05, 4.69) is 31.0 Å². The lowest BCUT2D eigenvalue weighted by molar-refractivity contribution is -0.135. The molecule has 0 bridgehead atoms. The predicted octanol–water partition coefficient (Wildman–Crippen LogP) is 4.86. The van der Waals surface area contributed by atoms with E-state index in [1.165, 1.54) is 24.1 Å². The fourth-order valence-corrected chi connectivity index (χ4v) is 7.24. The molecule has 5 nitrogen and oxygen atoms in total. The monoisotopic (exact) mass is 407 g/mol. The molecule has 5 heteroatoms. The van der Waals surface area contributed by atoms with E-state index < -0.39 is 0 Å². The molecule has 2 heterocycles. The molecule has 0 unspecified atom stereocenters. The average Bonchev–Trinajstić information content (AvgIpc) is 3.09. The number of carbonyl (C=O) groups is 1. The third-order valence-corrected chi connectivity index (χ3v) is 8.78. The Kier molecular flexibility index (Phi) is 4.57. The van der Waals surface area contributed by atoms with E-state index in [0.717, 1.165) is 25.0 Å². The highest BCUT2D eigenvalue weighted by Gasteiger charge is 2.57. The van der Waals surface area contributed by atoms with E-state index in [0.29, 0.717) is 36.7 Å². The Morgan fingerprint density at radius 1 is 1.13 bits per heavy atom. The third-order valence-electron chi connectivity index (χ3n) is 8.78. The molecule has 160 valence electrons.